The van der Waals surface area contributed by atoms with Gasteiger partial charge < -0.3 is 15.5 Å². The zero-order valence-electron chi connectivity index (χ0n) is 11.4. The smallest absolute Gasteiger partial charge is 0.234 e. The molecule has 0 radical (unpaired) electrons. The molecule has 1 amide bonds. The maximum atomic E-state index is 11.4. The SMILES string of the molecule is CNCC(=O)NC(C)CN(C)Cc1ccccc1. The molecule has 4 nitrogen and oxygen atoms in total. The Morgan fingerprint density at radius 1 is 1.33 bits per heavy atom. The van der Waals surface area contributed by atoms with Crippen molar-refractivity contribution in [3.8, 4) is 0 Å². The Balaban J connectivity index is 2.31. The van der Waals surface area contributed by atoms with Crippen molar-refractivity contribution in [2.24, 2.45) is 0 Å². The molecule has 0 saturated heterocycles. The van der Waals surface area contributed by atoms with Gasteiger partial charge in [-0.3, -0.25) is 4.79 Å². The molecule has 1 aromatic rings. The van der Waals surface area contributed by atoms with Crippen molar-refractivity contribution in [3.05, 3.63) is 35.9 Å². The number of hydrogen-bond acceptors (Lipinski definition) is 3. The van der Waals surface area contributed by atoms with Gasteiger partial charge in [0.1, 0.15) is 0 Å². The van der Waals surface area contributed by atoms with E-state index < -0.39 is 0 Å². The highest BCUT2D eigenvalue weighted by molar-refractivity contribution is 5.78. The van der Waals surface area contributed by atoms with E-state index in [1.54, 1.807) is 7.05 Å². The van der Waals surface area contributed by atoms with Crippen LogP contribution in [0.1, 0.15) is 12.5 Å². The first-order valence-corrected chi connectivity index (χ1v) is 6.28. The minimum Gasteiger partial charge on any atom is -0.351 e. The molecular formula is C14H23N3O. The van der Waals surface area contributed by atoms with Gasteiger partial charge in [0.2, 0.25) is 5.91 Å². The predicted octanol–water partition coefficient (Wildman–Crippen LogP) is 0.843. The molecule has 0 fully saturated rings. The van der Waals surface area contributed by atoms with Crippen LogP contribution in [0.3, 0.4) is 0 Å². The lowest BCUT2D eigenvalue weighted by molar-refractivity contribution is -0.120. The number of benzene rings is 1. The first-order valence-electron chi connectivity index (χ1n) is 6.28. The monoisotopic (exact) mass is 249 g/mol. The summed E-state index contributed by atoms with van der Waals surface area (Å²) in [5, 5.41) is 5.79. The fourth-order valence-electron chi connectivity index (χ4n) is 1.96. The number of carbonyl (C=O) groups excluding carboxylic acids is 1. The van der Waals surface area contributed by atoms with Crippen LogP contribution < -0.4 is 10.6 Å². The van der Waals surface area contributed by atoms with E-state index in [4.69, 9.17) is 0 Å². The third kappa shape index (κ3) is 5.80. The summed E-state index contributed by atoms with van der Waals surface area (Å²) in [6, 6.07) is 10.5. The number of nitrogens with one attached hydrogen (secondary N) is 2. The van der Waals surface area contributed by atoms with Crippen LogP contribution in [0.5, 0.6) is 0 Å². The number of rotatable bonds is 7. The Labute approximate surface area is 109 Å². The van der Waals surface area contributed by atoms with Crippen molar-refractivity contribution in [3.63, 3.8) is 0 Å². The summed E-state index contributed by atoms with van der Waals surface area (Å²) >= 11 is 0. The second-order valence-corrected chi connectivity index (χ2v) is 4.68. The highest BCUT2D eigenvalue weighted by Crippen LogP contribution is 2.02. The average molecular weight is 249 g/mol. The molecule has 0 saturated carbocycles. The quantitative estimate of drug-likeness (QED) is 0.753. The second kappa shape index (κ2) is 7.84. The van der Waals surface area contributed by atoms with Crippen LogP contribution in [0.25, 0.3) is 0 Å². The van der Waals surface area contributed by atoms with Gasteiger partial charge in [-0.15, -0.1) is 0 Å². The number of nitrogens with zero attached hydrogens (tertiary/aromatic N) is 1. The van der Waals surface area contributed by atoms with Gasteiger partial charge >= 0.3 is 0 Å². The molecule has 0 spiro atoms. The number of likely N-dealkylation sites (N-methyl/N-ethyl adjacent to an activating group) is 2. The van der Waals surface area contributed by atoms with Gasteiger partial charge in [0, 0.05) is 19.1 Å². The standard InChI is InChI=1S/C14H23N3O/c1-12(16-14(18)9-15-2)10-17(3)11-13-7-5-4-6-8-13/h4-8,12,15H,9-11H2,1-3H3,(H,16,18). The van der Waals surface area contributed by atoms with Gasteiger partial charge in [-0.05, 0) is 26.6 Å². The number of hydrogen-bond donors (Lipinski definition) is 2. The fraction of sp³-hybridized carbons (Fsp3) is 0.500. The van der Waals surface area contributed by atoms with Crippen molar-refractivity contribution >= 4 is 5.91 Å². The van der Waals surface area contributed by atoms with E-state index in [2.05, 4.69) is 34.7 Å². The Bertz CT molecular complexity index is 353. The summed E-state index contributed by atoms with van der Waals surface area (Å²) in [5.41, 5.74) is 1.29. The van der Waals surface area contributed by atoms with Gasteiger partial charge in [-0.1, -0.05) is 30.3 Å². The summed E-state index contributed by atoms with van der Waals surface area (Å²) in [5.74, 6) is 0.0399. The number of carbonyl (C=O) groups is 1. The molecule has 0 aliphatic heterocycles. The summed E-state index contributed by atoms with van der Waals surface area (Å²) in [6.07, 6.45) is 0. The Morgan fingerprint density at radius 3 is 2.61 bits per heavy atom. The normalized spacial score (nSPS) is 12.4. The molecule has 1 aromatic carbocycles. The van der Waals surface area contributed by atoms with E-state index in [-0.39, 0.29) is 11.9 Å². The van der Waals surface area contributed by atoms with Gasteiger partial charge in [-0.25, -0.2) is 0 Å². The third-order valence-corrected chi connectivity index (χ3v) is 2.63. The van der Waals surface area contributed by atoms with Crippen molar-refractivity contribution in [2.75, 3.05) is 27.2 Å². The van der Waals surface area contributed by atoms with Crippen LogP contribution in [-0.4, -0.2) is 44.0 Å². The van der Waals surface area contributed by atoms with E-state index in [1.165, 1.54) is 5.56 Å². The molecule has 0 bridgehead atoms. The molecule has 1 unspecified atom stereocenters. The molecular weight excluding hydrogens is 226 g/mol. The molecule has 0 aromatic heterocycles. The van der Waals surface area contributed by atoms with Gasteiger partial charge in [-0.2, -0.15) is 0 Å². The lowest BCUT2D eigenvalue weighted by atomic mass is 10.2. The second-order valence-electron chi connectivity index (χ2n) is 4.68. The largest absolute Gasteiger partial charge is 0.351 e. The highest BCUT2D eigenvalue weighted by Gasteiger charge is 2.09. The first kappa shape index (κ1) is 14.7. The van der Waals surface area contributed by atoms with Crippen LogP contribution in [0.2, 0.25) is 0 Å². The zero-order valence-corrected chi connectivity index (χ0v) is 11.4. The van der Waals surface area contributed by atoms with Crippen molar-refractivity contribution in [2.45, 2.75) is 19.5 Å². The molecule has 0 aliphatic rings. The Hall–Kier alpha value is -1.39. The highest BCUT2D eigenvalue weighted by atomic mass is 16.1. The van der Waals surface area contributed by atoms with Gasteiger partial charge in [0.05, 0.1) is 6.54 Å². The zero-order chi connectivity index (χ0) is 13.4. The minimum absolute atomic E-state index is 0.0399. The van der Waals surface area contributed by atoms with Crippen LogP contribution in [0, 0.1) is 0 Å². The molecule has 1 rings (SSSR count). The van der Waals surface area contributed by atoms with Crippen LogP contribution in [0.15, 0.2) is 30.3 Å². The summed E-state index contributed by atoms with van der Waals surface area (Å²) in [4.78, 5) is 13.6. The van der Waals surface area contributed by atoms with Crippen LogP contribution in [-0.2, 0) is 11.3 Å². The minimum atomic E-state index is 0.0399. The Morgan fingerprint density at radius 2 is 2.00 bits per heavy atom. The van der Waals surface area contributed by atoms with E-state index in [1.807, 2.05) is 25.1 Å². The molecule has 0 aliphatic carbocycles. The molecule has 2 N–H and O–H groups in total. The first-order chi connectivity index (χ1) is 8.61. The maximum absolute atomic E-state index is 11.4. The molecule has 1 atom stereocenters. The van der Waals surface area contributed by atoms with Gasteiger partial charge in [0.25, 0.3) is 0 Å². The lowest BCUT2D eigenvalue weighted by Crippen LogP contribution is -2.43. The van der Waals surface area contributed by atoms with Crippen LogP contribution in [0.4, 0.5) is 0 Å². The topological polar surface area (TPSA) is 44.4 Å². The molecule has 4 heteroatoms. The molecule has 0 heterocycles. The van der Waals surface area contributed by atoms with Crippen LogP contribution >= 0.6 is 0 Å². The van der Waals surface area contributed by atoms with Gasteiger partial charge in [0.15, 0.2) is 0 Å². The van der Waals surface area contributed by atoms with Crippen molar-refractivity contribution < 1.29 is 4.79 Å². The van der Waals surface area contributed by atoms with E-state index >= 15 is 0 Å². The third-order valence-electron chi connectivity index (χ3n) is 2.63. The van der Waals surface area contributed by atoms with E-state index in [0.29, 0.717) is 6.54 Å². The fourth-order valence-corrected chi connectivity index (χ4v) is 1.96. The average Bonchev–Trinajstić information content (AvgIpc) is 2.29. The van der Waals surface area contributed by atoms with E-state index in [9.17, 15) is 4.79 Å². The predicted molar refractivity (Wildman–Crippen MR) is 74.3 cm³/mol. The Kier molecular flexibility index (Phi) is 6.39. The summed E-state index contributed by atoms with van der Waals surface area (Å²) in [7, 11) is 3.83. The number of amides is 1. The lowest BCUT2D eigenvalue weighted by Gasteiger charge is -2.22. The van der Waals surface area contributed by atoms with Crippen molar-refractivity contribution in [1.82, 2.24) is 15.5 Å². The molecule has 100 valence electrons. The maximum Gasteiger partial charge on any atom is 0.234 e. The van der Waals surface area contributed by atoms with Crippen molar-refractivity contribution in [1.29, 1.82) is 0 Å². The molecule has 18 heavy (non-hydrogen) atoms. The van der Waals surface area contributed by atoms with E-state index in [0.717, 1.165) is 13.1 Å². The summed E-state index contributed by atoms with van der Waals surface area (Å²) in [6.45, 7) is 4.12. The summed E-state index contributed by atoms with van der Waals surface area (Å²) < 4.78 is 0.